The summed E-state index contributed by atoms with van der Waals surface area (Å²) in [5, 5.41) is 0. The highest BCUT2D eigenvalue weighted by molar-refractivity contribution is 5.72. The number of rotatable bonds is 3. The summed E-state index contributed by atoms with van der Waals surface area (Å²) in [4.78, 5) is 10.9. The molecule has 0 spiro atoms. The van der Waals surface area contributed by atoms with Crippen LogP contribution in [0.3, 0.4) is 0 Å². The van der Waals surface area contributed by atoms with Crippen LogP contribution in [0.4, 0.5) is 0 Å². The molecule has 0 aliphatic heterocycles. The summed E-state index contributed by atoms with van der Waals surface area (Å²) in [5.74, 6) is 0.701. The minimum Gasteiger partial charge on any atom is -0.493 e. The number of ether oxygens (including phenoxy) is 3. The molecule has 0 N–H and O–H groups in total. The van der Waals surface area contributed by atoms with Crippen LogP contribution in [-0.2, 0) is 4.79 Å². The number of hydrogen-bond donors (Lipinski definition) is 0. The lowest BCUT2D eigenvalue weighted by Gasteiger charge is -2.12. The van der Waals surface area contributed by atoms with E-state index in [1.54, 1.807) is 12.1 Å². The molecule has 1 aromatic rings. The SMILES string of the molecule is [CH2]c1cc(OC)c(OC(C)=O)c(OC)c1. The summed E-state index contributed by atoms with van der Waals surface area (Å²) in [5.41, 5.74) is 0.722. The number of hydrogen-bond acceptors (Lipinski definition) is 4. The third kappa shape index (κ3) is 2.62. The molecule has 4 nitrogen and oxygen atoms in total. The topological polar surface area (TPSA) is 44.8 Å². The second-order valence-electron chi connectivity index (χ2n) is 2.92. The van der Waals surface area contributed by atoms with Crippen LogP contribution >= 0.6 is 0 Å². The first-order valence-corrected chi connectivity index (χ1v) is 4.35. The normalized spacial score (nSPS) is 9.60. The Hall–Kier alpha value is -1.71. The van der Waals surface area contributed by atoms with E-state index in [0.29, 0.717) is 11.5 Å². The molecule has 1 rings (SSSR count). The fourth-order valence-electron chi connectivity index (χ4n) is 1.18. The van der Waals surface area contributed by atoms with Gasteiger partial charge in [-0.1, -0.05) is 0 Å². The summed E-state index contributed by atoms with van der Waals surface area (Å²) in [6.07, 6.45) is 0. The van der Waals surface area contributed by atoms with Gasteiger partial charge in [-0.3, -0.25) is 4.79 Å². The third-order valence-electron chi connectivity index (χ3n) is 1.77. The van der Waals surface area contributed by atoms with Crippen LogP contribution < -0.4 is 14.2 Å². The lowest BCUT2D eigenvalue weighted by Crippen LogP contribution is -2.05. The smallest absolute Gasteiger partial charge is 0.308 e. The Balaban J connectivity index is 3.23. The minimum absolute atomic E-state index is 0.278. The molecule has 0 heterocycles. The maximum atomic E-state index is 10.9. The van der Waals surface area contributed by atoms with Gasteiger partial charge >= 0.3 is 5.97 Å². The van der Waals surface area contributed by atoms with Crippen LogP contribution in [0, 0.1) is 6.92 Å². The van der Waals surface area contributed by atoms with Gasteiger partial charge < -0.3 is 14.2 Å². The Morgan fingerprint density at radius 1 is 1.20 bits per heavy atom. The zero-order valence-corrected chi connectivity index (χ0v) is 8.99. The van der Waals surface area contributed by atoms with Gasteiger partial charge in [0.1, 0.15) is 0 Å². The van der Waals surface area contributed by atoms with Gasteiger partial charge in [0.05, 0.1) is 14.2 Å². The Labute approximate surface area is 88.8 Å². The van der Waals surface area contributed by atoms with Gasteiger partial charge in [-0.2, -0.15) is 0 Å². The summed E-state index contributed by atoms with van der Waals surface area (Å²) in [6, 6.07) is 3.33. The highest BCUT2D eigenvalue weighted by atomic mass is 16.6. The molecule has 81 valence electrons. The van der Waals surface area contributed by atoms with E-state index in [1.165, 1.54) is 21.1 Å². The van der Waals surface area contributed by atoms with Gasteiger partial charge in [0.15, 0.2) is 11.5 Å². The van der Waals surface area contributed by atoms with Crippen molar-refractivity contribution in [3.63, 3.8) is 0 Å². The molecule has 15 heavy (non-hydrogen) atoms. The lowest BCUT2D eigenvalue weighted by atomic mass is 10.2. The predicted octanol–water partition coefficient (Wildman–Crippen LogP) is 1.81. The van der Waals surface area contributed by atoms with Gasteiger partial charge in [0, 0.05) is 6.92 Å². The summed E-state index contributed by atoms with van der Waals surface area (Å²) >= 11 is 0. The summed E-state index contributed by atoms with van der Waals surface area (Å²) in [6.45, 7) is 5.07. The molecule has 1 aromatic carbocycles. The van der Waals surface area contributed by atoms with Crippen molar-refractivity contribution in [1.82, 2.24) is 0 Å². The zero-order valence-electron chi connectivity index (χ0n) is 8.99. The first-order valence-electron chi connectivity index (χ1n) is 4.35. The lowest BCUT2D eigenvalue weighted by molar-refractivity contribution is -0.132. The van der Waals surface area contributed by atoms with E-state index >= 15 is 0 Å². The van der Waals surface area contributed by atoms with Crippen LogP contribution in [-0.4, -0.2) is 20.2 Å². The van der Waals surface area contributed by atoms with E-state index in [0.717, 1.165) is 5.56 Å². The van der Waals surface area contributed by atoms with Crippen LogP contribution in [0.15, 0.2) is 12.1 Å². The van der Waals surface area contributed by atoms with Gasteiger partial charge in [-0.05, 0) is 24.6 Å². The molecule has 0 aromatic heterocycles. The van der Waals surface area contributed by atoms with Crippen LogP contribution in [0.5, 0.6) is 17.2 Å². The summed E-state index contributed by atoms with van der Waals surface area (Å²) < 4.78 is 15.1. The standard InChI is InChI=1S/C11H13O4/c1-7-5-9(13-3)11(15-8(2)12)10(6-7)14-4/h5-6H,1H2,2-4H3. The maximum Gasteiger partial charge on any atom is 0.308 e. The molecule has 4 heteroatoms. The van der Waals surface area contributed by atoms with Crippen molar-refractivity contribution in [3.8, 4) is 17.2 Å². The van der Waals surface area contributed by atoms with Crippen LogP contribution in [0.25, 0.3) is 0 Å². The highest BCUT2D eigenvalue weighted by Crippen LogP contribution is 2.38. The molecule has 0 unspecified atom stereocenters. The first kappa shape index (κ1) is 11.4. The number of carbonyl (C=O) groups is 1. The van der Waals surface area contributed by atoms with E-state index in [4.69, 9.17) is 14.2 Å². The van der Waals surface area contributed by atoms with Crippen molar-refractivity contribution in [1.29, 1.82) is 0 Å². The minimum atomic E-state index is -0.427. The van der Waals surface area contributed by atoms with E-state index in [-0.39, 0.29) is 5.75 Å². The van der Waals surface area contributed by atoms with E-state index in [1.807, 2.05) is 0 Å². The molecule has 0 fully saturated rings. The second kappa shape index (κ2) is 4.68. The molecule has 0 aliphatic carbocycles. The number of methoxy groups -OCH3 is 2. The molecule has 0 bridgehead atoms. The molecular formula is C11H13O4. The van der Waals surface area contributed by atoms with Crippen LogP contribution in [0.2, 0.25) is 0 Å². The Morgan fingerprint density at radius 2 is 1.67 bits per heavy atom. The van der Waals surface area contributed by atoms with Gasteiger partial charge in [0.2, 0.25) is 5.75 Å². The monoisotopic (exact) mass is 209 g/mol. The van der Waals surface area contributed by atoms with Crippen molar-refractivity contribution in [2.75, 3.05) is 14.2 Å². The Kier molecular flexibility index (Phi) is 3.55. The molecular weight excluding hydrogens is 196 g/mol. The van der Waals surface area contributed by atoms with Crippen LogP contribution in [0.1, 0.15) is 12.5 Å². The van der Waals surface area contributed by atoms with Crippen molar-refractivity contribution in [2.24, 2.45) is 0 Å². The molecule has 0 atom stereocenters. The van der Waals surface area contributed by atoms with E-state index < -0.39 is 5.97 Å². The van der Waals surface area contributed by atoms with Crippen molar-refractivity contribution in [2.45, 2.75) is 6.92 Å². The maximum absolute atomic E-state index is 10.9. The molecule has 1 radical (unpaired) electrons. The van der Waals surface area contributed by atoms with E-state index in [9.17, 15) is 4.79 Å². The second-order valence-corrected chi connectivity index (χ2v) is 2.92. The van der Waals surface area contributed by atoms with Crippen molar-refractivity contribution >= 4 is 5.97 Å². The quantitative estimate of drug-likeness (QED) is 0.562. The van der Waals surface area contributed by atoms with Gasteiger partial charge in [-0.15, -0.1) is 0 Å². The molecule has 0 saturated carbocycles. The molecule has 0 saturated heterocycles. The average molecular weight is 209 g/mol. The summed E-state index contributed by atoms with van der Waals surface area (Å²) in [7, 11) is 2.97. The number of carbonyl (C=O) groups excluding carboxylic acids is 1. The largest absolute Gasteiger partial charge is 0.493 e. The fourth-order valence-corrected chi connectivity index (χ4v) is 1.18. The zero-order chi connectivity index (χ0) is 11.4. The highest BCUT2D eigenvalue weighted by Gasteiger charge is 2.14. The Morgan fingerprint density at radius 3 is 2.00 bits per heavy atom. The van der Waals surface area contributed by atoms with E-state index in [2.05, 4.69) is 6.92 Å². The van der Waals surface area contributed by atoms with Gasteiger partial charge in [-0.25, -0.2) is 0 Å². The van der Waals surface area contributed by atoms with Crippen molar-refractivity contribution < 1.29 is 19.0 Å². The molecule has 0 aliphatic rings. The Bertz CT molecular complexity index is 346. The number of esters is 1. The fraction of sp³-hybridized carbons (Fsp3) is 0.273. The predicted molar refractivity (Wildman–Crippen MR) is 55.3 cm³/mol. The third-order valence-corrected chi connectivity index (χ3v) is 1.77. The van der Waals surface area contributed by atoms with Gasteiger partial charge in [0.25, 0.3) is 0 Å². The first-order chi connectivity index (χ1) is 7.08. The van der Waals surface area contributed by atoms with Crippen molar-refractivity contribution in [3.05, 3.63) is 24.6 Å². The molecule has 0 amide bonds. The average Bonchev–Trinajstić information content (AvgIpc) is 2.19. The number of benzene rings is 1.